The van der Waals surface area contributed by atoms with Crippen LogP contribution in [0.25, 0.3) is 0 Å². The Balaban J connectivity index is 2.07. The number of hydrogen-bond donors (Lipinski definition) is 2. The number of nitrogens with one attached hydrogen (secondary N) is 1. The molecule has 98 valence electrons. The van der Waals surface area contributed by atoms with Gasteiger partial charge in [-0.2, -0.15) is 0 Å². The SMILES string of the molecule is CCCNC(=O)CN1CCC(N)c2ccccc21. The number of para-hydroxylation sites is 1. The number of benzene rings is 1. The predicted octanol–water partition coefficient (Wildman–Crippen LogP) is 1.42. The van der Waals surface area contributed by atoms with Gasteiger partial charge in [-0.1, -0.05) is 25.1 Å². The summed E-state index contributed by atoms with van der Waals surface area (Å²) in [7, 11) is 0. The quantitative estimate of drug-likeness (QED) is 0.846. The van der Waals surface area contributed by atoms with Gasteiger partial charge < -0.3 is 16.0 Å². The highest BCUT2D eigenvalue weighted by Crippen LogP contribution is 2.31. The Kier molecular flexibility index (Phi) is 4.20. The fourth-order valence-electron chi connectivity index (χ4n) is 2.32. The van der Waals surface area contributed by atoms with Crippen molar-refractivity contribution in [2.24, 2.45) is 5.73 Å². The molecule has 2 rings (SSSR count). The monoisotopic (exact) mass is 247 g/mol. The Morgan fingerprint density at radius 1 is 1.50 bits per heavy atom. The van der Waals surface area contributed by atoms with Gasteiger partial charge in [-0.15, -0.1) is 0 Å². The number of fused-ring (bicyclic) bond motifs is 1. The molecule has 1 aromatic carbocycles. The van der Waals surface area contributed by atoms with Crippen molar-refractivity contribution in [2.45, 2.75) is 25.8 Å². The number of carbonyl (C=O) groups excluding carboxylic acids is 1. The Bertz CT molecular complexity index is 419. The summed E-state index contributed by atoms with van der Waals surface area (Å²) < 4.78 is 0. The summed E-state index contributed by atoms with van der Waals surface area (Å²) >= 11 is 0. The molecule has 0 bridgehead atoms. The molecule has 0 aliphatic carbocycles. The molecule has 18 heavy (non-hydrogen) atoms. The first-order valence-corrected chi connectivity index (χ1v) is 6.58. The molecule has 4 nitrogen and oxygen atoms in total. The van der Waals surface area contributed by atoms with Crippen LogP contribution in [0.1, 0.15) is 31.4 Å². The lowest BCUT2D eigenvalue weighted by molar-refractivity contribution is -0.119. The minimum atomic E-state index is 0.0853. The summed E-state index contributed by atoms with van der Waals surface area (Å²) in [5.41, 5.74) is 8.34. The second kappa shape index (κ2) is 5.87. The second-order valence-electron chi connectivity index (χ2n) is 4.73. The third kappa shape index (κ3) is 2.82. The highest BCUT2D eigenvalue weighted by atomic mass is 16.2. The van der Waals surface area contributed by atoms with Gasteiger partial charge in [-0.3, -0.25) is 4.79 Å². The van der Waals surface area contributed by atoms with Crippen LogP contribution in [0.4, 0.5) is 5.69 Å². The molecule has 1 aromatic rings. The summed E-state index contributed by atoms with van der Waals surface area (Å²) in [6.07, 6.45) is 1.87. The van der Waals surface area contributed by atoms with Gasteiger partial charge in [0.25, 0.3) is 0 Å². The molecule has 0 spiro atoms. The van der Waals surface area contributed by atoms with Crippen LogP contribution >= 0.6 is 0 Å². The number of nitrogens with zero attached hydrogens (tertiary/aromatic N) is 1. The molecule has 1 aliphatic rings. The van der Waals surface area contributed by atoms with Gasteiger partial charge >= 0.3 is 0 Å². The van der Waals surface area contributed by atoms with E-state index in [0.29, 0.717) is 6.54 Å². The fraction of sp³-hybridized carbons (Fsp3) is 0.500. The molecule has 0 saturated heterocycles. The van der Waals surface area contributed by atoms with Gasteiger partial charge in [0.15, 0.2) is 0 Å². The topological polar surface area (TPSA) is 58.4 Å². The number of carbonyl (C=O) groups is 1. The van der Waals surface area contributed by atoms with E-state index in [-0.39, 0.29) is 11.9 Å². The van der Waals surface area contributed by atoms with Crippen LogP contribution in [0.5, 0.6) is 0 Å². The first-order valence-electron chi connectivity index (χ1n) is 6.58. The first kappa shape index (κ1) is 12.9. The Morgan fingerprint density at radius 3 is 3.06 bits per heavy atom. The molecule has 0 radical (unpaired) electrons. The zero-order chi connectivity index (χ0) is 13.0. The summed E-state index contributed by atoms with van der Waals surface area (Å²) in [5, 5.41) is 2.91. The molecule has 0 aromatic heterocycles. The minimum Gasteiger partial charge on any atom is -0.362 e. The molecule has 1 heterocycles. The van der Waals surface area contributed by atoms with E-state index in [9.17, 15) is 4.79 Å². The molecule has 0 saturated carbocycles. The molecule has 1 atom stereocenters. The molecule has 1 amide bonds. The van der Waals surface area contributed by atoms with E-state index in [1.807, 2.05) is 18.2 Å². The highest BCUT2D eigenvalue weighted by molar-refractivity contribution is 5.82. The lowest BCUT2D eigenvalue weighted by Gasteiger charge is -2.33. The van der Waals surface area contributed by atoms with Crippen molar-refractivity contribution in [3.8, 4) is 0 Å². The van der Waals surface area contributed by atoms with Gasteiger partial charge in [-0.25, -0.2) is 0 Å². The molecule has 4 heteroatoms. The summed E-state index contributed by atoms with van der Waals surface area (Å²) in [5.74, 6) is 0.0853. The average molecular weight is 247 g/mol. The molecule has 3 N–H and O–H groups in total. The molecular formula is C14H21N3O. The standard InChI is InChI=1S/C14H21N3O/c1-2-8-16-14(18)10-17-9-7-12(15)11-5-3-4-6-13(11)17/h3-6,12H,2,7-10,15H2,1H3,(H,16,18). The van der Waals surface area contributed by atoms with Crippen LogP contribution in [0.3, 0.4) is 0 Å². The Morgan fingerprint density at radius 2 is 2.28 bits per heavy atom. The fourth-order valence-corrected chi connectivity index (χ4v) is 2.32. The van der Waals surface area contributed by atoms with E-state index in [2.05, 4.69) is 23.2 Å². The smallest absolute Gasteiger partial charge is 0.239 e. The van der Waals surface area contributed by atoms with Crippen molar-refractivity contribution in [1.29, 1.82) is 0 Å². The molecular weight excluding hydrogens is 226 g/mol. The number of hydrogen-bond acceptors (Lipinski definition) is 3. The number of nitrogens with two attached hydrogens (primary N) is 1. The zero-order valence-electron chi connectivity index (χ0n) is 10.9. The average Bonchev–Trinajstić information content (AvgIpc) is 2.40. The number of anilines is 1. The van der Waals surface area contributed by atoms with Crippen LogP contribution in [0, 0.1) is 0 Å². The Hall–Kier alpha value is -1.55. The third-order valence-electron chi connectivity index (χ3n) is 3.29. The summed E-state index contributed by atoms with van der Waals surface area (Å²) in [6, 6.07) is 8.18. The molecule has 0 fully saturated rings. The zero-order valence-corrected chi connectivity index (χ0v) is 10.9. The lowest BCUT2D eigenvalue weighted by atomic mass is 9.97. The van der Waals surface area contributed by atoms with E-state index >= 15 is 0 Å². The van der Waals surface area contributed by atoms with Crippen molar-refractivity contribution in [3.05, 3.63) is 29.8 Å². The van der Waals surface area contributed by atoms with E-state index < -0.39 is 0 Å². The Labute approximate surface area is 108 Å². The predicted molar refractivity (Wildman–Crippen MR) is 73.5 cm³/mol. The maximum absolute atomic E-state index is 11.8. The van der Waals surface area contributed by atoms with Crippen molar-refractivity contribution in [1.82, 2.24) is 5.32 Å². The second-order valence-corrected chi connectivity index (χ2v) is 4.73. The van der Waals surface area contributed by atoms with Crippen molar-refractivity contribution < 1.29 is 4.79 Å². The maximum atomic E-state index is 11.8. The lowest BCUT2D eigenvalue weighted by Crippen LogP contribution is -2.41. The molecule has 1 unspecified atom stereocenters. The van der Waals surface area contributed by atoms with Gasteiger partial charge in [0.05, 0.1) is 6.54 Å². The van der Waals surface area contributed by atoms with Crippen molar-refractivity contribution in [2.75, 3.05) is 24.5 Å². The van der Waals surface area contributed by atoms with E-state index in [1.165, 1.54) is 0 Å². The first-order chi connectivity index (χ1) is 8.72. The number of rotatable bonds is 4. The van der Waals surface area contributed by atoms with E-state index in [4.69, 9.17) is 5.73 Å². The van der Waals surface area contributed by atoms with Gasteiger partial charge in [0.2, 0.25) is 5.91 Å². The van der Waals surface area contributed by atoms with E-state index in [1.54, 1.807) is 0 Å². The largest absolute Gasteiger partial charge is 0.362 e. The van der Waals surface area contributed by atoms with Crippen molar-refractivity contribution >= 4 is 11.6 Å². The van der Waals surface area contributed by atoms with Crippen LogP contribution in [0.15, 0.2) is 24.3 Å². The van der Waals surface area contributed by atoms with Gasteiger partial charge in [0.1, 0.15) is 0 Å². The summed E-state index contributed by atoms with van der Waals surface area (Å²) in [6.45, 7) is 4.06. The van der Waals surface area contributed by atoms with Gasteiger partial charge in [-0.05, 0) is 24.5 Å². The number of amides is 1. The molecule has 1 aliphatic heterocycles. The third-order valence-corrected chi connectivity index (χ3v) is 3.29. The van der Waals surface area contributed by atoms with Crippen LogP contribution in [0.2, 0.25) is 0 Å². The van der Waals surface area contributed by atoms with Gasteiger partial charge in [0, 0.05) is 24.8 Å². The summed E-state index contributed by atoms with van der Waals surface area (Å²) in [4.78, 5) is 13.9. The van der Waals surface area contributed by atoms with Crippen LogP contribution in [-0.4, -0.2) is 25.5 Å². The van der Waals surface area contributed by atoms with Crippen LogP contribution < -0.4 is 16.0 Å². The van der Waals surface area contributed by atoms with E-state index in [0.717, 1.165) is 37.2 Å². The van der Waals surface area contributed by atoms with Crippen molar-refractivity contribution in [3.63, 3.8) is 0 Å². The highest BCUT2D eigenvalue weighted by Gasteiger charge is 2.23. The maximum Gasteiger partial charge on any atom is 0.239 e. The minimum absolute atomic E-state index is 0.0853. The normalized spacial score (nSPS) is 18.3. The van der Waals surface area contributed by atoms with Crippen LogP contribution in [-0.2, 0) is 4.79 Å².